The van der Waals surface area contributed by atoms with E-state index in [1.807, 2.05) is 17.1 Å². The quantitative estimate of drug-likeness (QED) is 0.872. The van der Waals surface area contributed by atoms with Crippen LogP contribution in [-0.4, -0.2) is 22.5 Å². The Bertz CT molecular complexity index is 397. The summed E-state index contributed by atoms with van der Waals surface area (Å²) in [5, 5.41) is 5.42. The zero-order chi connectivity index (χ0) is 11.6. The van der Waals surface area contributed by atoms with Crippen molar-refractivity contribution in [2.24, 2.45) is 5.41 Å². The molecule has 1 atom stereocenters. The molecule has 1 saturated heterocycles. The maximum Gasteiger partial charge on any atom is 0.304 e. The molecule has 90 valence electrons. The third kappa shape index (κ3) is 3.37. The highest BCUT2D eigenvalue weighted by molar-refractivity contribution is 7.99. The number of thiazole rings is 1. The number of hydrogen-bond acceptors (Lipinski definition) is 4. The third-order valence-corrected chi connectivity index (χ3v) is 5.11. The maximum atomic E-state index is 11.0. The van der Waals surface area contributed by atoms with Gasteiger partial charge < -0.3 is 10.3 Å². The highest BCUT2D eigenvalue weighted by Crippen LogP contribution is 2.33. The lowest BCUT2D eigenvalue weighted by molar-refractivity contribution is 0.317. The van der Waals surface area contributed by atoms with Gasteiger partial charge in [0.05, 0.1) is 0 Å². The summed E-state index contributed by atoms with van der Waals surface area (Å²) < 4.78 is 0. The lowest BCUT2D eigenvalue weighted by atomic mass is 9.88. The van der Waals surface area contributed by atoms with Crippen LogP contribution in [0.3, 0.4) is 0 Å². The van der Waals surface area contributed by atoms with Gasteiger partial charge in [-0.1, -0.05) is 25.2 Å². The van der Waals surface area contributed by atoms with E-state index in [0.717, 1.165) is 12.2 Å². The van der Waals surface area contributed by atoms with Crippen molar-refractivity contribution in [3.63, 3.8) is 0 Å². The summed E-state index contributed by atoms with van der Waals surface area (Å²) in [7, 11) is 0. The van der Waals surface area contributed by atoms with E-state index < -0.39 is 0 Å². The smallest absolute Gasteiger partial charge is 0.304 e. The molecule has 1 aliphatic rings. The van der Waals surface area contributed by atoms with Gasteiger partial charge in [0.15, 0.2) is 0 Å². The van der Waals surface area contributed by atoms with Gasteiger partial charge in [-0.25, -0.2) is 0 Å². The average Bonchev–Trinajstić information content (AvgIpc) is 2.60. The van der Waals surface area contributed by atoms with Crippen LogP contribution in [0.5, 0.6) is 0 Å². The Hall–Kier alpha value is -0.260. The summed E-state index contributed by atoms with van der Waals surface area (Å²) in [6.07, 6.45) is 1.22. The number of aromatic nitrogens is 1. The van der Waals surface area contributed by atoms with E-state index in [0.29, 0.717) is 11.5 Å². The zero-order valence-corrected chi connectivity index (χ0v) is 11.3. The van der Waals surface area contributed by atoms with Crippen molar-refractivity contribution >= 4 is 23.1 Å². The second kappa shape index (κ2) is 4.94. The summed E-state index contributed by atoms with van der Waals surface area (Å²) in [6, 6.07) is 0.567. The molecule has 0 aromatic carbocycles. The van der Waals surface area contributed by atoms with E-state index in [-0.39, 0.29) is 4.87 Å². The van der Waals surface area contributed by atoms with E-state index >= 15 is 0 Å². The number of thioether (sulfide) groups is 1. The molecule has 5 heteroatoms. The molecule has 16 heavy (non-hydrogen) atoms. The molecular weight excluding hydrogens is 240 g/mol. The number of rotatable bonds is 3. The molecule has 2 heterocycles. The van der Waals surface area contributed by atoms with Crippen LogP contribution in [-0.2, 0) is 6.54 Å². The van der Waals surface area contributed by atoms with Crippen molar-refractivity contribution in [1.29, 1.82) is 0 Å². The SMILES string of the molecule is CC1(C)CSCC(NCc2csc(=O)[nH]2)C1. The maximum absolute atomic E-state index is 11.0. The molecule has 1 fully saturated rings. The second-order valence-electron chi connectivity index (χ2n) is 5.13. The minimum absolute atomic E-state index is 0.0372. The van der Waals surface area contributed by atoms with E-state index in [9.17, 15) is 4.79 Å². The van der Waals surface area contributed by atoms with Crippen molar-refractivity contribution in [3.05, 3.63) is 20.7 Å². The van der Waals surface area contributed by atoms with Crippen molar-refractivity contribution in [1.82, 2.24) is 10.3 Å². The lowest BCUT2D eigenvalue weighted by Gasteiger charge is -2.35. The Morgan fingerprint density at radius 1 is 1.62 bits per heavy atom. The molecule has 3 nitrogen and oxygen atoms in total. The molecule has 0 saturated carbocycles. The van der Waals surface area contributed by atoms with Crippen LogP contribution in [0.2, 0.25) is 0 Å². The van der Waals surface area contributed by atoms with Gasteiger partial charge in [0.25, 0.3) is 0 Å². The molecule has 1 unspecified atom stereocenters. The lowest BCUT2D eigenvalue weighted by Crippen LogP contribution is -2.40. The van der Waals surface area contributed by atoms with Gasteiger partial charge in [0.1, 0.15) is 0 Å². The Labute approximate surface area is 104 Å². The van der Waals surface area contributed by atoms with Crippen molar-refractivity contribution in [3.8, 4) is 0 Å². The fourth-order valence-corrected chi connectivity index (χ4v) is 3.94. The van der Waals surface area contributed by atoms with Crippen LogP contribution in [0.1, 0.15) is 26.0 Å². The summed E-state index contributed by atoms with van der Waals surface area (Å²) >= 11 is 3.25. The molecule has 1 aromatic heterocycles. The molecule has 0 amide bonds. The largest absolute Gasteiger partial charge is 0.315 e. The van der Waals surface area contributed by atoms with Crippen molar-refractivity contribution in [2.45, 2.75) is 32.9 Å². The second-order valence-corrected chi connectivity index (χ2v) is 7.01. The predicted octanol–water partition coefficient (Wildman–Crippen LogP) is 2.06. The minimum Gasteiger partial charge on any atom is -0.315 e. The minimum atomic E-state index is 0.0372. The number of hydrogen-bond donors (Lipinski definition) is 2. The fourth-order valence-electron chi connectivity index (χ4n) is 2.05. The molecule has 2 rings (SSSR count). The number of H-pyrrole nitrogens is 1. The summed E-state index contributed by atoms with van der Waals surface area (Å²) in [5.41, 5.74) is 1.44. The van der Waals surface area contributed by atoms with Gasteiger partial charge in [-0.2, -0.15) is 11.8 Å². The first-order valence-corrected chi connectivity index (χ1v) is 7.56. The first-order valence-electron chi connectivity index (χ1n) is 5.53. The summed E-state index contributed by atoms with van der Waals surface area (Å²) in [4.78, 5) is 13.8. The molecular formula is C11H18N2OS2. The number of aromatic amines is 1. The molecule has 0 spiro atoms. The first kappa shape index (κ1) is 12.2. The molecule has 1 aliphatic heterocycles. The number of nitrogens with one attached hydrogen (secondary N) is 2. The van der Waals surface area contributed by atoms with E-state index in [1.54, 1.807) is 0 Å². The van der Waals surface area contributed by atoms with Gasteiger partial charge >= 0.3 is 4.87 Å². The Balaban J connectivity index is 1.84. The van der Waals surface area contributed by atoms with Gasteiger partial charge in [-0.05, 0) is 17.6 Å². The molecule has 0 bridgehead atoms. The highest BCUT2D eigenvalue weighted by Gasteiger charge is 2.27. The molecule has 1 aromatic rings. The van der Waals surface area contributed by atoms with Crippen molar-refractivity contribution < 1.29 is 0 Å². The monoisotopic (exact) mass is 258 g/mol. The molecule has 0 radical (unpaired) electrons. The topological polar surface area (TPSA) is 44.9 Å². The highest BCUT2D eigenvalue weighted by atomic mass is 32.2. The standard InChI is InChI=1S/C11H18N2OS2/c1-11(2)3-8(5-15-7-11)12-4-9-6-16-10(14)13-9/h6,8,12H,3-5,7H2,1-2H3,(H,13,14). The van der Waals surface area contributed by atoms with Crippen LogP contribution in [0.25, 0.3) is 0 Å². The van der Waals surface area contributed by atoms with Crippen LogP contribution in [0, 0.1) is 5.41 Å². The van der Waals surface area contributed by atoms with Crippen molar-refractivity contribution in [2.75, 3.05) is 11.5 Å². The van der Waals surface area contributed by atoms with Gasteiger partial charge in [-0.3, -0.25) is 4.79 Å². The average molecular weight is 258 g/mol. The molecule has 2 N–H and O–H groups in total. The van der Waals surface area contributed by atoms with E-state index in [4.69, 9.17) is 0 Å². The normalized spacial score (nSPS) is 24.5. The van der Waals surface area contributed by atoms with Crippen LogP contribution in [0.15, 0.2) is 10.2 Å². The Morgan fingerprint density at radius 3 is 3.06 bits per heavy atom. The first-order chi connectivity index (χ1) is 7.55. The molecule has 0 aliphatic carbocycles. The van der Waals surface area contributed by atoms with Crippen LogP contribution in [0.4, 0.5) is 0 Å². The predicted molar refractivity (Wildman–Crippen MR) is 71.3 cm³/mol. The van der Waals surface area contributed by atoms with Gasteiger partial charge in [0, 0.05) is 29.4 Å². The fraction of sp³-hybridized carbons (Fsp3) is 0.727. The van der Waals surface area contributed by atoms with Crippen LogP contribution < -0.4 is 10.2 Å². The Kier molecular flexibility index (Phi) is 3.77. The Morgan fingerprint density at radius 2 is 2.44 bits per heavy atom. The van der Waals surface area contributed by atoms with Gasteiger partial charge in [-0.15, -0.1) is 0 Å². The zero-order valence-electron chi connectivity index (χ0n) is 9.71. The van der Waals surface area contributed by atoms with E-state index in [1.165, 1.54) is 29.3 Å². The van der Waals surface area contributed by atoms with Gasteiger partial charge in [0.2, 0.25) is 0 Å². The summed E-state index contributed by atoms with van der Waals surface area (Å²) in [5.74, 6) is 2.43. The van der Waals surface area contributed by atoms with Crippen LogP contribution >= 0.6 is 23.1 Å². The third-order valence-electron chi connectivity index (χ3n) is 2.76. The van der Waals surface area contributed by atoms with E-state index in [2.05, 4.69) is 24.1 Å². The summed E-state index contributed by atoms with van der Waals surface area (Å²) in [6.45, 7) is 5.42.